The number of amides is 2. The third kappa shape index (κ3) is 6.12. The minimum absolute atomic E-state index is 0.388. The van der Waals surface area contributed by atoms with Crippen LogP contribution in [0.5, 0.6) is 0 Å². The number of anilines is 1. The van der Waals surface area contributed by atoms with Crippen molar-refractivity contribution in [1.82, 2.24) is 10.0 Å². The molecule has 2 N–H and O–H groups in total. The fourth-order valence-electron chi connectivity index (χ4n) is 4.02. The Morgan fingerprint density at radius 1 is 1.05 bits per heavy atom. The summed E-state index contributed by atoms with van der Waals surface area (Å²) in [6.45, 7) is 1.53. The van der Waals surface area contributed by atoms with Crippen molar-refractivity contribution in [3.8, 4) is 0 Å². The highest BCUT2D eigenvalue weighted by Crippen LogP contribution is 2.38. The predicted molar refractivity (Wildman–Crippen MR) is 125 cm³/mol. The molecule has 0 aliphatic carbocycles. The van der Waals surface area contributed by atoms with Gasteiger partial charge in [0.15, 0.2) is 11.6 Å². The summed E-state index contributed by atoms with van der Waals surface area (Å²) in [5.74, 6) is -8.88. The second-order valence-corrected chi connectivity index (χ2v) is 10.3. The molecule has 38 heavy (non-hydrogen) atoms. The zero-order chi connectivity index (χ0) is 28.7. The number of rotatable bonds is 5. The first-order valence-corrected chi connectivity index (χ1v) is 11.7. The molecule has 0 saturated carbocycles. The standard InChI is InChI=1S/C24H21BrF7N3O3/c1-23(2,3)20-19(36)16(21(37)33-12-7-14(27)17(25)15(28)8-12)22(38)34(35(20)10-24(30,31)32)9-11-5-4-6-13(26)18(11)29/h4-8,20,36H,9-10H2,1-3H3,(H,33,37)/t20-/m1/s1. The summed E-state index contributed by atoms with van der Waals surface area (Å²) in [5, 5.41) is 13.8. The van der Waals surface area contributed by atoms with Crippen molar-refractivity contribution in [3.63, 3.8) is 0 Å². The van der Waals surface area contributed by atoms with Gasteiger partial charge in [-0.2, -0.15) is 18.2 Å². The van der Waals surface area contributed by atoms with E-state index in [1.54, 1.807) is 0 Å². The van der Waals surface area contributed by atoms with Gasteiger partial charge in [-0.3, -0.25) is 14.6 Å². The Morgan fingerprint density at radius 3 is 2.16 bits per heavy atom. The molecule has 2 aromatic carbocycles. The fourth-order valence-corrected chi connectivity index (χ4v) is 4.25. The maximum absolute atomic E-state index is 14.4. The Balaban J connectivity index is 2.15. The lowest BCUT2D eigenvalue weighted by Gasteiger charge is -2.48. The van der Waals surface area contributed by atoms with E-state index in [-0.39, 0.29) is 0 Å². The van der Waals surface area contributed by atoms with Crippen LogP contribution in [0.15, 0.2) is 46.1 Å². The minimum atomic E-state index is -4.92. The van der Waals surface area contributed by atoms with Gasteiger partial charge in [-0.1, -0.05) is 32.9 Å². The molecule has 1 aliphatic heterocycles. The molecule has 1 atom stereocenters. The van der Waals surface area contributed by atoms with E-state index in [1.807, 2.05) is 5.32 Å². The third-order valence-electron chi connectivity index (χ3n) is 5.55. The number of halogens is 8. The summed E-state index contributed by atoms with van der Waals surface area (Å²) in [7, 11) is 0. The van der Waals surface area contributed by atoms with Gasteiger partial charge in [0.1, 0.15) is 29.5 Å². The number of alkyl halides is 3. The molecule has 0 aromatic heterocycles. The summed E-state index contributed by atoms with van der Waals surface area (Å²) >= 11 is 2.66. The second-order valence-electron chi connectivity index (χ2n) is 9.53. The number of aliphatic hydroxyl groups excluding tert-OH is 1. The van der Waals surface area contributed by atoms with Crippen LogP contribution in [0.1, 0.15) is 26.3 Å². The summed E-state index contributed by atoms with van der Waals surface area (Å²) in [6, 6.07) is 2.63. The summed E-state index contributed by atoms with van der Waals surface area (Å²) in [6.07, 6.45) is -4.92. The molecule has 0 bridgehead atoms. The first-order chi connectivity index (χ1) is 17.4. The summed E-state index contributed by atoms with van der Waals surface area (Å²) in [5.41, 5.74) is -3.26. The van der Waals surface area contributed by atoms with Crippen molar-refractivity contribution in [2.45, 2.75) is 39.5 Å². The molecule has 0 radical (unpaired) electrons. The largest absolute Gasteiger partial charge is 0.509 e. The van der Waals surface area contributed by atoms with Crippen molar-refractivity contribution in [1.29, 1.82) is 0 Å². The van der Waals surface area contributed by atoms with Crippen molar-refractivity contribution in [2.24, 2.45) is 5.41 Å². The molecule has 6 nitrogen and oxygen atoms in total. The second kappa shape index (κ2) is 10.6. The van der Waals surface area contributed by atoms with E-state index < -0.39 is 92.9 Å². The predicted octanol–water partition coefficient (Wildman–Crippen LogP) is 5.99. The van der Waals surface area contributed by atoms with Crippen LogP contribution in [0, 0.1) is 28.7 Å². The Kier molecular flexibility index (Phi) is 8.18. The number of nitrogens with zero attached hydrogens (tertiary/aromatic N) is 2. The van der Waals surface area contributed by atoms with Crippen molar-refractivity contribution >= 4 is 33.4 Å². The van der Waals surface area contributed by atoms with Gasteiger partial charge in [-0.15, -0.1) is 0 Å². The number of hydrogen-bond donors (Lipinski definition) is 2. The Morgan fingerprint density at radius 2 is 1.63 bits per heavy atom. The topological polar surface area (TPSA) is 72.9 Å². The lowest BCUT2D eigenvalue weighted by molar-refractivity contribution is -0.208. The SMILES string of the molecule is CC(C)(C)[C@H]1C(O)=C(C(=O)Nc2cc(F)c(Br)c(F)c2)C(=O)N(Cc2cccc(F)c2F)N1CC(F)(F)F. The number of nitrogens with one attached hydrogen (secondary N) is 1. The van der Waals surface area contributed by atoms with Crippen molar-refractivity contribution in [3.05, 3.63) is 75.0 Å². The minimum Gasteiger partial charge on any atom is -0.509 e. The van der Waals surface area contributed by atoms with E-state index in [4.69, 9.17) is 0 Å². The van der Waals surface area contributed by atoms with Gasteiger partial charge >= 0.3 is 6.18 Å². The van der Waals surface area contributed by atoms with Gasteiger partial charge in [-0.05, 0) is 39.5 Å². The summed E-state index contributed by atoms with van der Waals surface area (Å²) in [4.78, 5) is 26.5. The summed E-state index contributed by atoms with van der Waals surface area (Å²) < 4.78 is 96.4. The molecule has 0 saturated heterocycles. The van der Waals surface area contributed by atoms with E-state index in [0.29, 0.717) is 22.2 Å². The van der Waals surface area contributed by atoms with Crippen LogP contribution in [0.2, 0.25) is 0 Å². The Bertz CT molecular complexity index is 1290. The van der Waals surface area contributed by atoms with E-state index >= 15 is 0 Å². The van der Waals surface area contributed by atoms with Crippen LogP contribution in [-0.2, 0) is 16.1 Å². The Hall–Kier alpha value is -3.13. The van der Waals surface area contributed by atoms with Crippen LogP contribution in [-0.4, -0.2) is 45.7 Å². The highest BCUT2D eigenvalue weighted by Gasteiger charge is 2.50. The normalized spacial score (nSPS) is 17.3. The van der Waals surface area contributed by atoms with Gasteiger partial charge in [-0.25, -0.2) is 17.6 Å². The molecule has 0 fully saturated rings. The maximum atomic E-state index is 14.4. The van der Waals surface area contributed by atoms with E-state index in [1.165, 1.54) is 20.8 Å². The average molecular weight is 612 g/mol. The van der Waals surface area contributed by atoms with Gasteiger partial charge in [0, 0.05) is 11.3 Å². The van der Waals surface area contributed by atoms with E-state index in [9.17, 15) is 45.4 Å². The molecule has 3 rings (SSSR count). The van der Waals surface area contributed by atoms with Crippen molar-refractivity contribution < 1.29 is 45.4 Å². The highest BCUT2D eigenvalue weighted by atomic mass is 79.9. The van der Waals surface area contributed by atoms with Gasteiger partial charge in [0.25, 0.3) is 11.8 Å². The zero-order valence-electron chi connectivity index (χ0n) is 20.1. The fraction of sp³-hybridized carbons (Fsp3) is 0.333. The first-order valence-electron chi connectivity index (χ1n) is 10.9. The molecule has 1 heterocycles. The van der Waals surface area contributed by atoms with E-state index in [2.05, 4.69) is 15.9 Å². The van der Waals surface area contributed by atoms with Crippen molar-refractivity contribution in [2.75, 3.05) is 11.9 Å². The van der Waals surface area contributed by atoms with Crippen LogP contribution in [0.25, 0.3) is 0 Å². The molecule has 206 valence electrons. The highest BCUT2D eigenvalue weighted by molar-refractivity contribution is 9.10. The lowest BCUT2D eigenvalue weighted by Crippen LogP contribution is -2.62. The lowest BCUT2D eigenvalue weighted by atomic mass is 9.82. The van der Waals surface area contributed by atoms with E-state index in [0.717, 1.165) is 18.2 Å². The van der Waals surface area contributed by atoms with Gasteiger partial charge in [0.05, 0.1) is 17.1 Å². The monoisotopic (exact) mass is 611 g/mol. The quantitative estimate of drug-likeness (QED) is 0.247. The van der Waals surface area contributed by atoms with Crippen LogP contribution < -0.4 is 5.32 Å². The average Bonchev–Trinajstić information content (AvgIpc) is 2.75. The molecule has 2 amide bonds. The third-order valence-corrected chi connectivity index (χ3v) is 6.31. The molecule has 0 spiro atoms. The van der Waals surface area contributed by atoms with Crippen LogP contribution in [0.3, 0.4) is 0 Å². The zero-order valence-corrected chi connectivity index (χ0v) is 21.6. The molecule has 2 aromatic rings. The number of hydrogen-bond acceptors (Lipinski definition) is 4. The number of carbonyl (C=O) groups is 2. The number of aliphatic hydroxyl groups is 1. The Labute approximate surface area is 220 Å². The molecular weight excluding hydrogens is 591 g/mol. The first kappa shape index (κ1) is 29.4. The van der Waals surface area contributed by atoms with Crippen LogP contribution in [0.4, 0.5) is 36.4 Å². The molecular formula is C24H21BrF7N3O3. The van der Waals surface area contributed by atoms with Gasteiger partial charge < -0.3 is 10.4 Å². The number of hydrazine groups is 1. The molecule has 1 aliphatic rings. The molecule has 0 unspecified atom stereocenters. The van der Waals surface area contributed by atoms with Crippen LogP contribution >= 0.6 is 15.9 Å². The maximum Gasteiger partial charge on any atom is 0.403 e. The molecule has 14 heteroatoms. The number of carbonyl (C=O) groups excluding carboxylic acids is 2. The number of benzene rings is 2. The smallest absolute Gasteiger partial charge is 0.403 e. The van der Waals surface area contributed by atoms with Gasteiger partial charge in [0.2, 0.25) is 0 Å².